The van der Waals surface area contributed by atoms with E-state index in [0.29, 0.717) is 19.6 Å². The zero-order valence-electron chi connectivity index (χ0n) is 4.61. The molecule has 0 fully saturated rings. The van der Waals surface area contributed by atoms with Crippen molar-refractivity contribution in [3.8, 4) is 0 Å². The van der Waals surface area contributed by atoms with Gasteiger partial charge in [-0.15, -0.1) is 6.54 Å². The maximum Gasteiger partial charge on any atom is 2.00 e. The van der Waals surface area contributed by atoms with Crippen molar-refractivity contribution in [2.75, 3.05) is 26.2 Å². The van der Waals surface area contributed by atoms with E-state index < -0.39 is 0 Å². The van der Waals surface area contributed by atoms with E-state index >= 15 is 0 Å². The molecule has 0 aromatic carbocycles. The summed E-state index contributed by atoms with van der Waals surface area (Å²) in [6.45, 7) is 1.85. The summed E-state index contributed by atoms with van der Waals surface area (Å²) in [5.74, 6) is 0. The molecule has 51 valence electrons. The predicted molar refractivity (Wildman–Crippen MR) is 29.1 cm³/mol. The molecule has 3 N–H and O–H groups in total. The molecule has 0 atom stereocenters. The van der Waals surface area contributed by atoms with Gasteiger partial charge in [0, 0.05) is 6.54 Å². The first-order valence-electron chi connectivity index (χ1n) is 2.38. The van der Waals surface area contributed by atoms with Gasteiger partial charge in [0.05, 0.1) is 6.61 Å². The van der Waals surface area contributed by atoms with E-state index in [1.54, 1.807) is 0 Å². The van der Waals surface area contributed by atoms with Gasteiger partial charge in [0.25, 0.3) is 0 Å². The summed E-state index contributed by atoms with van der Waals surface area (Å²) in [5, 5.41) is 11.0. The second kappa shape index (κ2) is 10.5. The van der Waals surface area contributed by atoms with Crippen molar-refractivity contribution in [2.45, 2.75) is 0 Å². The second-order valence-electron chi connectivity index (χ2n) is 1.22. The molecule has 0 aliphatic carbocycles. The molecule has 0 aliphatic rings. The van der Waals surface area contributed by atoms with Gasteiger partial charge in [-0.1, -0.05) is 0 Å². The Labute approximate surface area is 62.4 Å². The standard InChI is InChI=1S/C4H11N2O.Rh/c5-1-2-6-3-4-7;/h5-7H,1-4H2;/q-1;+2. The van der Waals surface area contributed by atoms with Crippen molar-refractivity contribution in [1.82, 2.24) is 5.32 Å². The summed E-state index contributed by atoms with van der Waals surface area (Å²) >= 11 is 0. The predicted octanol–water partition coefficient (Wildman–Crippen LogP) is -0.382. The first kappa shape index (κ1) is 11.3. The second-order valence-corrected chi connectivity index (χ2v) is 1.22. The molecule has 0 aromatic rings. The molecule has 0 heterocycles. The van der Waals surface area contributed by atoms with E-state index in [9.17, 15) is 0 Å². The van der Waals surface area contributed by atoms with Crippen LogP contribution in [0.3, 0.4) is 0 Å². The molecule has 0 amide bonds. The maximum atomic E-state index is 8.17. The normalized spacial score (nSPS) is 8.25. The molecule has 0 rings (SSSR count). The van der Waals surface area contributed by atoms with Crippen LogP contribution in [0.1, 0.15) is 0 Å². The number of rotatable bonds is 4. The Morgan fingerprint density at radius 3 is 2.38 bits per heavy atom. The van der Waals surface area contributed by atoms with E-state index in [1.165, 1.54) is 0 Å². The molecular formula is C4H11N2ORh+. The van der Waals surface area contributed by atoms with E-state index in [1.807, 2.05) is 0 Å². The number of aliphatic hydroxyl groups excluding tert-OH is 1. The van der Waals surface area contributed by atoms with Crippen LogP contribution < -0.4 is 5.32 Å². The van der Waals surface area contributed by atoms with Gasteiger partial charge in [0.1, 0.15) is 0 Å². The Bertz CT molecular complexity index is 33.2. The molecule has 0 unspecified atom stereocenters. The van der Waals surface area contributed by atoms with Gasteiger partial charge in [0.15, 0.2) is 0 Å². The molecular weight excluding hydrogens is 195 g/mol. The first-order chi connectivity index (χ1) is 3.41. The van der Waals surface area contributed by atoms with Gasteiger partial charge in [-0.3, -0.25) is 0 Å². The molecule has 0 saturated carbocycles. The van der Waals surface area contributed by atoms with Crippen LogP contribution in [0.5, 0.6) is 0 Å². The van der Waals surface area contributed by atoms with Crippen molar-refractivity contribution in [3.05, 3.63) is 5.73 Å². The average Bonchev–Trinajstić information content (AvgIpc) is 1.69. The van der Waals surface area contributed by atoms with Gasteiger partial charge in [-0.2, -0.15) is 0 Å². The van der Waals surface area contributed by atoms with Crippen LogP contribution in [-0.4, -0.2) is 31.3 Å². The fourth-order valence-electron chi connectivity index (χ4n) is 0.292. The van der Waals surface area contributed by atoms with Crippen LogP contribution in [0.2, 0.25) is 0 Å². The van der Waals surface area contributed by atoms with Crippen LogP contribution in [-0.2, 0) is 19.5 Å². The Hall–Kier alpha value is 0.503. The third-order valence-electron chi connectivity index (χ3n) is 0.590. The fraction of sp³-hybridized carbons (Fsp3) is 1.00. The molecule has 3 nitrogen and oxygen atoms in total. The average molecular weight is 206 g/mol. The van der Waals surface area contributed by atoms with Crippen molar-refractivity contribution in [3.63, 3.8) is 0 Å². The first-order valence-corrected chi connectivity index (χ1v) is 2.38. The number of nitrogens with one attached hydrogen (secondary N) is 2. The number of hydrogen-bond donors (Lipinski definition) is 2. The van der Waals surface area contributed by atoms with Crippen molar-refractivity contribution >= 4 is 0 Å². The Morgan fingerprint density at radius 1 is 1.38 bits per heavy atom. The van der Waals surface area contributed by atoms with Crippen molar-refractivity contribution < 1.29 is 24.6 Å². The quantitative estimate of drug-likeness (QED) is 0.486. The van der Waals surface area contributed by atoms with Gasteiger partial charge >= 0.3 is 19.5 Å². The molecule has 0 spiro atoms. The third-order valence-corrected chi connectivity index (χ3v) is 0.590. The van der Waals surface area contributed by atoms with E-state index in [0.717, 1.165) is 0 Å². The van der Waals surface area contributed by atoms with E-state index in [2.05, 4.69) is 5.32 Å². The smallest absolute Gasteiger partial charge is 0.676 e. The van der Waals surface area contributed by atoms with E-state index in [-0.39, 0.29) is 26.1 Å². The summed E-state index contributed by atoms with van der Waals surface area (Å²) in [6, 6.07) is 0. The molecule has 0 bridgehead atoms. The van der Waals surface area contributed by atoms with Crippen LogP contribution in [0.25, 0.3) is 5.73 Å². The van der Waals surface area contributed by atoms with Crippen LogP contribution in [0, 0.1) is 0 Å². The molecule has 8 heavy (non-hydrogen) atoms. The van der Waals surface area contributed by atoms with Crippen molar-refractivity contribution in [1.29, 1.82) is 0 Å². The zero-order chi connectivity index (χ0) is 5.54. The van der Waals surface area contributed by atoms with Gasteiger partial charge in [-0.25, -0.2) is 0 Å². The third kappa shape index (κ3) is 9.71. The van der Waals surface area contributed by atoms with Crippen LogP contribution in [0.15, 0.2) is 0 Å². The van der Waals surface area contributed by atoms with Crippen LogP contribution in [0.4, 0.5) is 0 Å². The Morgan fingerprint density at radius 2 is 2.00 bits per heavy atom. The Kier molecular flexibility index (Phi) is 14.8. The summed E-state index contributed by atoms with van der Waals surface area (Å²) in [6.07, 6.45) is 0. The maximum absolute atomic E-state index is 8.17. The summed E-state index contributed by atoms with van der Waals surface area (Å²) in [5.41, 5.74) is 6.64. The molecule has 0 saturated heterocycles. The van der Waals surface area contributed by atoms with Crippen molar-refractivity contribution in [2.24, 2.45) is 0 Å². The molecule has 4 heteroatoms. The van der Waals surface area contributed by atoms with E-state index in [4.69, 9.17) is 10.8 Å². The summed E-state index contributed by atoms with van der Waals surface area (Å²) in [4.78, 5) is 0. The minimum Gasteiger partial charge on any atom is -0.676 e. The summed E-state index contributed by atoms with van der Waals surface area (Å²) in [7, 11) is 0. The van der Waals surface area contributed by atoms with Gasteiger partial charge < -0.3 is 16.2 Å². The number of hydrogen-bond acceptors (Lipinski definition) is 2. The van der Waals surface area contributed by atoms with Gasteiger partial charge in [-0.05, 0) is 6.54 Å². The Balaban J connectivity index is 0. The molecule has 0 aliphatic heterocycles. The monoisotopic (exact) mass is 206 g/mol. The zero-order valence-corrected chi connectivity index (χ0v) is 6.25. The largest absolute Gasteiger partial charge is 2.00 e. The van der Waals surface area contributed by atoms with Crippen LogP contribution >= 0.6 is 0 Å². The molecule has 0 aromatic heterocycles. The summed E-state index contributed by atoms with van der Waals surface area (Å²) < 4.78 is 0. The minimum atomic E-state index is 0. The fourth-order valence-corrected chi connectivity index (χ4v) is 0.292. The molecule has 1 radical (unpaired) electrons. The number of aliphatic hydroxyl groups is 1. The topological polar surface area (TPSA) is 56.1 Å². The minimum absolute atomic E-state index is 0. The van der Waals surface area contributed by atoms with Gasteiger partial charge in [0.2, 0.25) is 0 Å². The SMILES string of the molecule is [NH-]CCNCCO.[Rh+2].